The Bertz CT molecular complexity index is 1010. The number of nitrogens with one attached hydrogen (secondary N) is 2. The lowest BCUT2D eigenvalue weighted by atomic mass is 9.86. The average molecular weight is 467 g/mol. The minimum absolute atomic E-state index is 0.0185. The van der Waals surface area contributed by atoms with E-state index >= 15 is 0 Å². The highest BCUT2D eigenvalue weighted by molar-refractivity contribution is 5.95. The number of carbonyl (C=O) groups is 3. The van der Waals surface area contributed by atoms with E-state index in [1.807, 2.05) is 0 Å². The van der Waals surface area contributed by atoms with Crippen LogP contribution >= 0.6 is 0 Å². The van der Waals surface area contributed by atoms with Gasteiger partial charge in [-0.15, -0.1) is 0 Å². The molecule has 9 nitrogen and oxygen atoms in total. The lowest BCUT2D eigenvalue weighted by Gasteiger charge is -2.34. The summed E-state index contributed by atoms with van der Waals surface area (Å²) in [5.74, 6) is -1.79. The Morgan fingerprint density at radius 2 is 1.82 bits per heavy atom. The number of alkyl halides is 3. The molecule has 12 heteroatoms. The molecule has 3 amide bonds. The number of carbonyl (C=O) groups excluding carboxylic acids is 2. The Labute approximate surface area is 187 Å². The van der Waals surface area contributed by atoms with E-state index in [2.05, 4.69) is 15.7 Å². The molecule has 1 saturated heterocycles. The number of halogens is 3. The van der Waals surface area contributed by atoms with E-state index in [1.54, 1.807) is 37.3 Å². The Balaban J connectivity index is 1.56. The Morgan fingerprint density at radius 3 is 2.42 bits per heavy atom. The van der Waals surface area contributed by atoms with Crippen LogP contribution in [0.2, 0.25) is 0 Å². The molecule has 33 heavy (non-hydrogen) atoms. The highest BCUT2D eigenvalue weighted by Crippen LogP contribution is 2.31. The molecule has 0 bridgehead atoms. The average Bonchev–Trinajstić information content (AvgIpc) is 3.23. The number of hydrogen-bond donors (Lipinski definition) is 3. The predicted octanol–water partition coefficient (Wildman–Crippen LogP) is 2.37. The minimum atomic E-state index is -4.82. The third-order valence-electron chi connectivity index (χ3n) is 5.47. The Hall–Kier alpha value is -3.57. The second kappa shape index (κ2) is 9.92. The lowest BCUT2D eigenvalue weighted by Crippen LogP contribution is -2.48. The first-order chi connectivity index (χ1) is 15.6. The number of para-hydroxylation sites is 1. The largest absolute Gasteiger partial charge is 0.465 e. The quantitative estimate of drug-likeness (QED) is 0.564. The predicted molar refractivity (Wildman–Crippen MR) is 111 cm³/mol. The second-order valence-electron chi connectivity index (χ2n) is 7.82. The number of piperidine rings is 1. The highest BCUT2D eigenvalue weighted by atomic mass is 19.4. The van der Waals surface area contributed by atoms with E-state index in [0.717, 1.165) is 10.9 Å². The molecule has 1 aromatic carbocycles. The first-order valence-corrected chi connectivity index (χ1v) is 10.3. The zero-order valence-electron chi connectivity index (χ0n) is 17.8. The van der Waals surface area contributed by atoms with Gasteiger partial charge in [0.15, 0.2) is 5.69 Å². The van der Waals surface area contributed by atoms with E-state index in [4.69, 9.17) is 5.11 Å². The molecule has 1 aromatic heterocycles. The van der Waals surface area contributed by atoms with Crippen LogP contribution in [0.3, 0.4) is 0 Å². The second-order valence-corrected chi connectivity index (χ2v) is 7.82. The number of aromatic nitrogens is 2. The minimum Gasteiger partial charge on any atom is -0.465 e. The summed E-state index contributed by atoms with van der Waals surface area (Å²) in [6.45, 7) is 2.21. The first kappa shape index (κ1) is 24.1. The van der Waals surface area contributed by atoms with Crippen LogP contribution in [0.1, 0.15) is 29.4 Å². The van der Waals surface area contributed by atoms with Crippen molar-refractivity contribution in [1.29, 1.82) is 0 Å². The molecule has 0 radical (unpaired) electrons. The van der Waals surface area contributed by atoms with Gasteiger partial charge >= 0.3 is 12.3 Å². The fourth-order valence-electron chi connectivity index (χ4n) is 3.76. The normalized spacial score (nSPS) is 18.6. The van der Waals surface area contributed by atoms with E-state index in [1.165, 1.54) is 4.90 Å². The van der Waals surface area contributed by atoms with Crippen LogP contribution in [0.25, 0.3) is 5.69 Å². The van der Waals surface area contributed by atoms with Crippen molar-refractivity contribution in [3.63, 3.8) is 0 Å². The summed E-state index contributed by atoms with van der Waals surface area (Å²) in [5.41, 5.74) is -1.54. The van der Waals surface area contributed by atoms with Gasteiger partial charge in [-0.05, 0) is 24.5 Å². The van der Waals surface area contributed by atoms with Gasteiger partial charge < -0.3 is 20.6 Å². The molecule has 1 fully saturated rings. The molecule has 178 valence electrons. The highest BCUT2D eigenvalue weighted by Gasteiger charge is 2.39. The molecule has 2 heterocycles. The third-order valence-corrected chi connectivity index (χ3v) is 5.47. The maximum absolute atomic E-state index is 13.4. The number of amides is 3. The van der Waals surface area contributed by atoms with Crippen LogP contribution < -0.4 is 10.6 Å². The molecule has 0 spiro atoms. The lowest BCUT2D eigenvalue weighted by molar-refractivity contribution is -0.141. The van der Waals surface area contributed by atoms with Crippen LogP contribution in [0.15, 0.2) is 36.5 Å². The van der Waals surface area contributed by atoms with Crippen LogP contribution in [-0.2, 0) is 11.0 Å². The van der Waals surface area contributed by atoms with Crippen molar-refractivity contribution in [1.82, 2.24) is 25.3 Å². The van der Waals surface area contributed by atoms with Crippen LogP contribution in [0, 0.1) is 11.8 Å². The van der Waals surface area contributed by atoms with Crippen molar-refractivity contribution in [3.05, 3.63) is 47.8 Å². The summed E-state index contributed by atoms with van der Waals surface area (Å²) in [5, 5.41) is 17.6. The van der Waals surface area contributed by atoms with Gasteiger partial charge in [0.25, 0.3) is 5.91 Å². The first-order valence-electron chi connectivity index (χ1n) is 10.3. The number of likely N-dealkylation sites (tertiary alicyclic amines) is 1. The van der Waals surface area contributed by atoms with E-state index in [-0.39, 0.29) is 43.9 Å². The summed E-state index contributed by atoms with van der Waals surface area (Å²) in [6, 6.07) is 8.10. The van der Waals surface area contributed by atoms with Gasteiger partial charge in [0.2, 0.25) is 5.91 Å². The van der Waals surface area contributed by atoms with E-state index in [9.17, 15) is 27.6 Å². The summed E-state index contributed by atoms with van der Waals surface area (Å²) >= 11 is 0. The van der Waals surface area contributed by atoms with Crippen molar-refractivity contribution in [3.8, 4) is 5.69 Å². The van der Waals surface area contributed by atoms with Crippen molar-refractivity contribution in [2.24, 2.45) is 11.8 Å². The molecule has 3 N–H and O–H groups in total. The van der Waals surface area contributed by atoms with E-state index in [0.29, 0.717) is 12.1 Å². The number of carboxylic acid groups (broad SMARTS) is 1. The topological polar surface area (TPSA) is 117 Å². The molecule has 2 aromatic rings. The maximum atomic E-state index is 13.4. The summed E-state index contributed by atoms with van der Waals surface area (Å²) in [7, 11) is 0. The molecular formula is C21H24F3N5O4. The summed E-state index contributed by atoms with van der Waals surface area (Å²) in [6.07, 6.45) is -4.46. The fourth-order valence-corrected chi connectivity index (χ4v) is 3.76. The number of benzene rings is 1. The van der Waals surface area contributed by atoms with Gasteiger partial charge in [0, 0.05) is 38.3 Å². The molecule has 1 aliphatic rings. The van der Waals surface area contributed by atoms with E-state index < -0.39 is 29.4 Å². The van der Waals surface area contributed by atoms with Crippen molar-refractivity contribution >= 4 is 17.9 Å². The van der Waals surface area contributed by atoms with Crippen LogP contribution in [0.4, 0.5) is 18.0 Å². The Kier molecular flexibility index (Phi) is 7.24. The van der Waals surface area contributed by atoms with Crippen LogP contribution in [-0.4, -0.2) is 63.9 Å². The van der Waals surface area contributed by atoms with Gasteiger partial charge in [-0.1, -0.05) is 25.1 Å². The van der Waals surface area contributed by atoms with Crippen molar-refractivity contribution in [2.45, 2.75) is 19.5 Å². The number of rotatable bonds is 6. The summed E-state index contributed by atoms with van der Waals surface area (Å²) in [4.78, 5) is 37.1. The third kappa shape index (κ3) is 5.82. The number of nitrogens with zero attached hydrogens (tertiary/aromatic N) is 3. The maximum Gasteiger partial charge on any atom is 0.435 e. The van der Waals surface area contributed by atoms with Crippen LogP contribution in [0.5, 0.6) is 0 Å². The zero-order valence-corrected chi connectivity index (χ0v) is 17.8. The van der Waals surface area contributed by atoms with Gasteiger partial charge in [-0.2, -0.15) is 18.3 Å². The van der Waals surface area contributed by atoms with Gasteiger partial charge in [-0.3, -0.25) is 9.59 Å². The van der Waals surface area contributed by atoms with Crippen molar-refractivity contribution in [2.75, 3.05) is 26.2 Å². The molecule has 0 aliphatic carbocycles. The smallest absolute Gasteiger partial charge is 0.435 e. The Morgan fingerprint density at radius 1 is 1.15 bits per heavy atom. The zero-order chi connectivity index (χ0) is 24.2. The van der Waals surface area contributed by atoms with Gasteiger partial charge in [-0.25, -0.2) is 9.48 Å². The molecule has 3 rings (SSSR count). The fraction of sp³-hybridized carbons (Fsp3) is 0.429. The molecule has 2 unspecified atom stereocenters. The standard InChI is InChI=1S/C21H24F3N5O4/c1-13-11-28(20(32)33)10-7-15(13)18(30)25-8-9-26-19(31)16-12-29(14-5-3-2-4-6-14)27-17(16)21(22,23)24/h2-6,12-13,15H,7-11H2,1H3,(H,25,30)(H,26,31)(H,32,33). The SMILES string of the molecule is CC1CN(C(=O)O)CCC1C(=O)NCCNC(=O)c1cn(-c2ccccc2)nc1C(F)(F)F. The summed E-state index contributed by atoms with van der Waals surface area (Å²) < 4.78 is 41.2. The van der Waals surface area contributed by atoms with Gasteiger partial charge in [0.1, 0.15) is 0 Å². The molecular weight excluding hydrogens is 443 g/mol. The molecule has 0 saturated carbocycles. The van der Waals surface area contributed by atoms with Gasteiger partial charge in [0.05, 0.1) is 11.3 Å². The monoisotopic (exact) mass is 467 g/mol. The molecule has 2 atom stereocenters. The van der Waals surface area contributed by atoms with Crippen molar-refractivity contribution < 1.29 is 32.7 Å². The molecule has 1 aliphatic heterocycles. The number of hydrogen-bond acceptors (Lipinski definition) is 4.